The van der Waals surface area contributed by atoms with Crippen molar-refractivity contribution in [2.75, 3.05) is 36.4 Å². The van der Waals surface area contributed by atoms with E-state index in [1.165, 1.54) is 5.56 Å². The van der Waals surface area contributed by atoms with Gasteiger partial charge in [-0.1, -0.05) is 53.6 Å². The summed E-state index contributed by atoms with van der Waals surface area (Å²) in [5.41, 5.74) is 4.39. The first-order valence-electron chi connectivity index (χ1n) is 12.2. The minimum atomic E-state index is -5.08. The summed E-state index contributed by atoms with van der Waals surface area (Å²) < 4.78 is 31.7. The molecule has 1 aliphatic rings. The Hall–Kier alpha value is -4.25. The second kappa shape index (κ2) is 13.7. The van der Waals surface area contributed by atoms with Gasteiger partial charge in [0.15, 0.2) is 5.96 Å². The molecule has 1 fully saturated rings. The number of piperazine rings is 1. The highest BCUT2D eigenvalue weighted by Crippen LogP contribution is 2.21. The minimum Gasteiger partial charge on any atom is -0.478 e. The monoisotopic (exact) mass is 576 g/mol. The molecule has 4 rings (SSSR count). The minimum absolute atomic E-state index is 0.240. The molecule has 212 valence electrons. The lowest BCUT2D eigenvalue weighted by molar-refractivity contribution is -0.192. The summed E-state index contributed by atoms with van der Waals surface area (Å²) >= 11 is 6.17. The average molecular weight is 577 g/mol. The van der Waals surface area contributed by atoms with Crippen molar-refractivity contribution in [3.8, 4) is 0 Å². The number of carboxylic acid groups (broad SMARTS) is 2. The van der Waals surface area contributed by atoms with Crippen LogP contribution in [0.2, 0.25) is 5.02 Å². The number of carbonyl (C=O) groups is 2. The van der Waals surface area contributed by atoms with Crippen LogP contribution >= 0.6 is 11.6 Å². The average Bonchev–Trinajstić information content (AvgIpc) is 2.92. The molecule has 3 N–H and O–H groups in total. The van der Waals surface area contributed by atoms with Crippen molar-refractivity contribution in [3.05, 3.63) is 94.5 Å². The lowest BCUT2D eigenvalue weighted by Crippen LogP contribution is -2.50. The second-order valence-corrected chi connectivity index (χ2v) is 9.33. The Morgan fingerprint density at radius 1 is 0.950 bits per heavy atom. The fourth-order valence-corrected chi connectivity index (χ4v) is 3.97. The van der Waals surface area contributed by atoms with Gasteiger partial charge in [-0.3, -0.25) is 0 Å². The summed E-state index contributed by atoms with van der Waals surface area (Å²) in [7, 11) is 0. The van der Waals surface area contributed by atoms with Gasteiger partial charge in [0.05, 0.1) is 12.1 Å². The highest BCUT2D eigenvalue weighted by Gasteiger charge is 2.38. The Bertz CT molecular complexity index is 1340. The van der Waals surface area contributed by atoms with E-state index in [2.05, 4.69) is 52.4 Å². The van der Waals surface area contributed by atoms with Crippen molar-refractivity contribution in [1.82, 2.24) is 4.90 Å². The van der Waals surface area contributed by atoms with Crippen LogP contribution in [-0.4, -0.2) is 65.4 Å². The summed E-state index contributed by atoms with van der Waals surface area (Å²) in [6.45, 7) is 5.84. The predicted molar refractivity (Wildman–Crippen MR) is 148 cm³/mol. The van der Waals surface area contributed by atoms with E-state index >= 15 is 0 Å². The van der Waals surface area contributed by atoms with E-state index in [1.54, 1.807) is 18.2 Å². The van der Waals surface area contributed by atoms with Crippen molar-refractivity contribution < 1.29 is 33.0 Å². The van der Waals surface area contributed by atoms with E-state index in [0.717, 1.165) is 48.4 Å². The molecule has 0 aromatic heterocycles. The van der Waals surface area contributed by atoms with Crippen molar-refractivity contribution in [2.45, 2.75) is 19.6 Å². The molecule has 0 bridgehead atoms. The van der Waals surface area contributed by atoms with Crippen LogP contribution in [0, 0.1) is 6.92 Å². The zero-order chi connectivity index (χ0) is 29.3. The number of anilines is 2. The Labute approximate surface area is 234 Å². The number of guanidine groups is 1. The highest BCUT2D eigenvalue weighted by atomic mass is 35.5. The summed E-state index contributed by atoms with van der Waals surface area (Å²) in [4.78, 5) is 29.7. The largest absolute Gasteiger partial charge is 0.490 e. The lowest BCUT2D eigenvalue weighted by atomic mass is 10.1. The number of halogens is 4. The molecular weight excluding hydrogens is 549 g/mol. The third-order valence-electron chi connectivity index (χ3n) is 5.89. The van der Waals surface area contributed by atoms with Gasteiger partial charge < -0.3 is 25.3 Å². The molecule has 0 unspecified atom stereocenters. The lowest BCUT2D eigenvalue weighted by Gasteiger charge is -2.38. The molecule has 0 radical (unpaired) electrons. The third kappa shape index (κ3) is 9.19. The molecular formula is C28H28ClF3N4O4. The summed E-state index contributed by atoms with van der Waals surface area (Å²) in [6, 6.07) is 23.0. The van der Waals surface area contributed by atoms with Crippen molar-refractivity contribution in [1.29, 1.82) is 0 Å². The number of alkyl halides is 3. The Morgan fingerprint density at radius 2 is 1.57 bits per heavy atom. The topological polar surface area (TPSA) is 105 Å². The maximum Gasteiger partial charge on any atom is 0.490 e. The zero-order valence-corrected chi connectivity index (χ0v) is 22.3. The van der Waals surface area contributed by atoms with Crippen LogP contribution in [0.15, 0.2) is 77.8 Å². The molecule has 40 heavy (non-hydrogen) atoms. The molecule has 0 atom stereocenters. The molecule has 8 nitrogen and oxygen atoms in total. The second-order valence-electron chi connectivity index (χ2n) is 8.89. The Balaban J connectivity index is 0.000000559. The van der Waals surface area contributed by atoms with E-state index in [9.17, 15) is 23.1 Å². The Morgan fingerprint density at radius 3 is 2.15 bits per heavy atom. The molecule has 1 heterocycles. The van der Waals surface area contributed by atoms with Gasteiger partial charge in [0, 0.05) is 42.6 Å². The molecule has 12 heteroatoms. The van der Waals surface area contributed by atoms with E-state index in [1.807, 2.05) is 24.3 Å². The van der Waals surface area contributed by atoms with Gasteiger partial charge in [0.1, 0.15) is 0 Å². The fraction of sp³-hybridized carbons (Fsp3) is 0.250. The molecule has 1 aliphatic heterocycles. The van der Waals surface area contributed by atoms with Crippen LogP contribution < -0.4 is 10.2 Å². The van der Waals surface area contributed by atoms with E-state index < -0.39 is 18.1 Å². The number of rotatable bonds is 5. The summed E-state index contributed by atoms with van der Waals surface area (Å²) in [5.74, 6) is -2.97. The van der Waals surface area contributed by atoms with Crippen LogP contribution in [0.5, 0.6) is 0 Å². The first-order valence-corrected chi connectivity index (χ1v) is 12.6. The van der Waals surface area contributed by atoms with E-state index in [-0.39, 0.29) is 5.56 Å². The van der Waals surface area contributed by atoms with Gasteiger partial charge in [-0.15, -0.1) is 0 Å². The highest BCUT2D eigenvalue weighted by molar-refractivity contribution is 6.30. The van der Waals surface area contributed by atoms with Crippen LogP contribution in [0.4, 0.5) is 24.5 Å². The van der Waals surface area contributed by atoms with Gasteiger partial charge >= 0.3 is 18.1 Å². The van der Waals surface area contributed by atoms with Crippen LogP contribution in [0.25, 0.3) is 0 Å². The Kier molecular flexibility index (Phi) is 10.4. The number of carboxylic acids is 2. The number of aliphatic carboxylic acids is 1. The number of aliphatic imine (C=N–C) groups is 1. The van der Waals surface area contributed by atoms with Crippen molar-refractivity contribution in [2.24, 2.45) is 4.99 Å². The van der Waals surface area contributed by atoms with E-state index in [4.69, 9.17) is 26.5 Å². The third-order valence-corrected chi connectivity index (χ3v) is 6.13. The fourth-order valence-electron chi connectivity index (χ4n) is 3.79. The predicted octanol–water partition coefficient (Wildman–Crippen LogP) is 5.77. The van der Waals surface area contributed by atoms with Gasteiger partial charge in [0.25, 0.3) is 0 Å². The number of aromatic carboxylic acids is 1. The SMILES string of the molecule is Cc1ccc(CN=C(Nc2cccc(C(=O)O)c2)N2CCN(c3cccc(Cl)c3)CC2)cc1.O=C(O)C(F)(F)F. The van der Waals surface area contributed by atoms with Gasteiger partial charge in [-0.25, -0.2) is 14.6 Å². The van der Waals surface area contributed by atoms with E-state index in [0.29, 0.717) is 12.2 Å². The molecule has 3 aromatic rings. The maximum atomic E-state index is 11.4. The molecule has 3 aromatic carbocycles. The molecule has 0 spiro atoms. The van der Waals surface area contributed by atoms with Crippen LogP contribution in [0.3, 0.4) is 0 Å². The maximum absolute atomic E-state index is 11.4. The molecule has 0 saturated carbocycles. The number of aryl methyl sites for hydroxylation is 1. The number of hydrogen-bond acceptors (Lipinski definition) is 4. The normalized spacial score (nSPS) is 13.8. The number of nitrogens with one attached hydrogen (secondary N) is 1. The molecule has 1 saturated heterocycles. The zero-order valence-electron chi connectivity index (χ0n) is 21.5. The smallest absolute Gasteiger partial charge is 0.478 e. The van der Waals surface area contributed by atoms with Gasteiger partial charge in [-0.2, -0.15) is 13.2 Å². The number of hydrogen-bond donors (Lipinski definition) is 3. The summed E-state index contributed by atoms with van der Waals surface area (Å²) in [5, 5.41) is 20.6. The van der Waals surface area contributed by atoms with Gasteiger partial charge in [0.2, 0.25) is 0 Å². The molecule has 0 aliphatic carbocycles. The quantitative estimate of drug-likeness (QED) is 0.261. The first kappa shape index (κ1) is 30.3. The molecule has 0 amide bonds. The standard InChI is InChI=1S/C26H27ClN4O2.C2HF3O2/c1-19-8-10-20(11-9-19)18-28-26(29-23-6-2-4-21(16-23)25(32)33)31-14-12-30(13-15-31)24-7-3-5-22(27)17-24;3-2(4,5)1(6)7/h2-11,16-17H,12-15,18H2,1H3,(H,28,29)(H,32,33);(H,6,7). The number of benzene rings is 3. The van der Waals surface area contributed by atoms with Crippen molar-refractivity contribution in [3.63, 3.8) is 0 Å². The van der Waals surface area contributed by atoms with Crippen LogP contribution in [-0.2, 0) is 11.3 Å². The van der Waals surface area contributed by atoms with Crippen molar-refractivity contribution >= 4 is 40.9 Å². The van der Waals surface area contributed by atoms with Crippen LogP contribution in [0.1, 0.15) is 21.5 Å². The summed E-state index contributed by atoms with van der Waals surface area (Å²) in [6.07, 6.45) is -5.08. The van der Waals surface area contributed by atoms with Gasteiger partial charge in [-0.05, 0) is 48.9 Å². The first-order chi connectivity index (χ1) is 18.9. The number of nitrogens with zero attached hydrogens (tertiary/aromatic N) is 3.